The van der Waals surface area contributed by atoms with Gasteiger partial charge in [0.25, 0.3) is 0 Å². The van der Waals surface area contributed by atoms with E-state index < -0.39 is 5.97 Å². The highest BCUT2D eigenvalue weighted by molar-refractivity contribution is 6.17. The van der Waals surface area contributed by atoms with Crippen molar-refractivity contribution >= 4 is 23.5 Å². The van der Waals surface area contributed by atoms with Crippen LogP contribution in [0, 0.1) is 0 Å². The molecule has 0 heterocycles. The van der Waals surface area contributed by atoms with Gasteiger partial charge >= 0.3 is 5.97 Å². The van der Waals surface area contributed by atoms with E-state index in [0.717, 1.165) is 11.1 Å². The van der Waals surface area contributed by atoms with Gasteiger partial charge in [-0.1, -0.05) is 60.7 Å². The Morgan fingerprint density at radius 1 is 0.780 bits per heavy atom. The van der Waals surface area contributed by atoms with Crippen LogP contribution in [-0.4, -0.2) is 32.6 Å². The van der Waals surface area contributed by atoms with Crippen LogP contribution in [0.2, 0.25) is 0 Å². The van der Waals surface area contributed by atoms with Crippen molar-refractivity contribution in [1.29, 1.82) is 0 Å². The molecule has 4 aromatic rings. The first kappa shape index (κ1) is 29.5. The average Bonchev–Trinajstić information content (AvgIpc) is 3.01. The Hall–Kier alpha value is -4.49. The van der Waals surface area contributed by atoms with E-state index >= 15 is 0 Å². The quantitative estimate of drug-likeness (QED) is 0.117. The zero-order valence-electron chi connectivity index (χ0n) is 23.0. The molecular weight excluding hydrogens is 542 g/mol. The van der Waals surface area contributed by atoms with Gasteiger partial charge in [-0.05, 0) is 53.4 Å². The molecule has 212 valence electrons. The molecule has 4 rings (SSSR count). The van der Waals surface area contributed by atoms with E-state index in [1.807, 2.05) is 54.6 Å². The summed E-state index contributed by atoms with van der Waals surface area (Å²) >= 11 is 6.23. The summed E-state index contributed by atoms with van der Waals surface area (Å²) < 4.78 is 22.5. The lowest BCUT2D eigenvalue weighted by molar-refractivity contribution is -0.120. The third-order valence-corrected chi connectivity index (χ3v) is 6.69. The molecule has 0 bridgehead atoms. The number of methoxy groups -OCH3 is 2. The summed E-state index contributed by atoms with van der Waals surface area (Å²) in [4.78, 5) is 25.3. The minimum absolute atomic E-state index is 0.0843. The maximum absolute atomic E-state index is 12.8. The molecule has 4 aromatic carbocycles. The van der Waals surface area contributed by atoms with Crippen LogP contribution in [0.1, 0.15) is 32.6 Å². The zero-order chi connectivity index (χ0) is 29.0. The summed E-state index contributed by atoms with van der Waals surface area (Å²) in [6.07, 6.45) is 0.710. The van der Waals surface area contributed by atoms with Gasteiger partial charge in [-0.25, -0.2) is 4.79 Å². The molecular formula is C33H32ClNO6. The molecule has 0 aliphatic carbocycles. The predicted octanol–water partition coefficient (Wildman–Crippen LogP) is 6.14. The number of benzene rings is 4. The van der Waals surface area contributed by atoms with Crippen LogP contribution in [0.25, 0.3) is 0 Å². The fraction of sp³-hybridized carbons (Fsp3) is 0.212. The second-order valence-corrected chi connectivity index (χ2v) is 9.43. The van der Waals surface area contributed by atoms with Gasteiger partial charge in [0.05, 0.1) is 32.1 Å². The molecule has 0 spiro atoms. The minimum atomic E-state index is -0.512. The molecule has 0 unspecified atom stereocenters. The van der Waals surface area contributed by atoms with E-state index in [9.17, 15) is 9.59 Å². The first-order chi connectivity index (χ1) is 20.0. The van der Waals surface area contributed by atoms with Crippen molar-refractivity contribution in [1.82, 2.24) is 5.32 Å². The Kier molecular flexibility index (Phi) is 10.6. The van der Waals surface area contributed by atoms with Gasteiger partial charge in [0.2, 0.25) is 5.91 Å². The smallest absolute Gasteiger partial charge is 0.343 e. The number of carbonyl (C=O) groups excluding carboxylic acids is 2. The lowest BCUT2D eigenvalue weighted by Crippen LogP contribution is -2.27. The van der Waals surface area contributed by atoms with Gasteiger partial charge in [0.1, 0.15) is 6.61 Å². The number of nitrogens with one attached hydrogen (secondary N) is 1. The average molecular weight is 574 g/mol. The largest absolute Gasteiger partial charge is 0.493 e. The number of alkyl halides is 1. The van der Waals surface area contributed by atoms with Gasteiger partial charge < -0.3 is 24.3 Å². The maximum Gasteiger partial charge on any atom is 0.343 e. The Morgan fingerprint density at radius 3 is 2.17 bits per heavy atom. The lowest BCUT2D eigenvalue weighted by atomic mass is 10.0. The molecule has 0 aliphatic rings. The van der Waals surface area contributed by atoms with Crippen molar-refractivity contribution in [2.45, 2.75) is 25.3 Å². The topological polar surface area (TPSA) is 83.1 Å². The van der Waals surface area contributed by atoms with Crippen LogP contribution in [0.15, 0.2) is 91.0 Å². The van der Waals surface area contributed by atoms with Gasteiger partial charge in [0.15, 0.2) is 23.0 Å². The first-order valence-corrected chi connectivity index (χ1v) is 13.7. The number of carbonyl (C=O) groups is 2. The summed E-state index contributed by atoms with van der Waals surface area (Å²) in [6, 6.07) is 27.7. The summed E-state index contributed by atoms with van der Waals surface area (Å²) in [5.74, 6) is 1.27. The third kappa shape index (κ3) is 8.02. The molecule has 0 aromatic heterocycles. The van der Waals surface area contributed by atoms with E-state index in [1.54, 1.807) is 43.5 Å². The molecule has 0 atom stereocenters. The van der Waals surface area contributed by atoms with Gasteiger partial charge in [-0.3, -0.25) is 4.79 Å². The van der Waals surface area contributed by atoms with Crippen LogP contribution < -0.4 is 24.3 Å². The van der Waals surface area contributed by atoms with Crippen molar-refractivity contribution < 1.29 is 28.5 Å². The van der Waals surface area contributed by atoms with Crippen LogP contribution >= 0.6 is 11.6 Å². The van der Waals surface area contributed by atoms with Crippen molar-refractivity contribution in [3.8, 4) is 23.0 Å². The van der Waals surface area contributed by atoms with Crippen molar-refractivity contribution in [2.75, 3.05) is 20.8 Å². The van der Waals surface area contributed by atoms with Gasteiger partial charge in [0, 0.05) is 12.1 Å². The highest BCUT2D eigenvalue weighted by Crippen LogP contribution is 2.35. The number of halogens is 1. The fourth-order valence-electron chi connectivity index (χ4n) is 4.30. The maximum atomic E-state index is 12.8. The van der Waals surface area contributed by atoms with Gasteiger partial charge in [-0.15, -0.1) is 11.6 Å². The summed E-state index contributed by atoms with van der Waals surface area (Å²) in [6.45, 7) is 0.879. The second kappa shape index (κ2) is 14.8. The number of hydrogen-bond acceptors (Lipinski definition) is 6. The molecule has 1 N–H and O–H groups in total. The lowest BCUT2D eigenvalue weighted by Gasteiger charge is -2.16. The van der Waals surface area contributed by atoms with E-state index in [1.165, 1.54) is 7.11 Å². The number of esters is 1. The van der Waals surface area contributed by atoms with Crippen LogP contribution in [0.4, 0.5) is 0 Å². The second-order valence-electron chi connectivity index (χ2n) is 9.16. The van der Waals surface area contributed by atoms with E-state index in [-0.39, 0.29) is 24.0 Å². The SMILES string of the molecule is COc1cc(CCNC(=O)Cc2ccc(OC(=O)c3ccccc3)c(OC)c2CCl)ccc1OCc1ccccc1. The highest BCUT2D eigenvalue weighted by atomic mass is 35.5. The van der Waals surface area contributed by atoms with Crippen LogP contribution in [-0.2, 0) is 30.1 Å². The van der Waals surface area contributed by atoms with Crippen LogP contribution in [0.3, 0.4) is 0 Å². The Morgan fingerprint density at radius 2 is 1.49 bits per heavy atom. The van der Waals surface area contributed by atoms with Crippen LogP contribution in [0.5, 0.6) is 23.0 Å². The van der Waals surface area contributed by atoms with Gasteiger partial charge in [-0.2, -0.15) is 0 Å². The summed E-state index contributed by atoms with van der Waals surface area (Å²) in [5.41, 5.74) is 3.77. The molecule has 8 heteroatoms. The molecule has 0 radical (unpaired) electrons. The number of amides is 1. The standard InChI is InChI=1S/C33H32ClNO6/c1-38-30-19-23(13-15-28(30)40-22-24-9-5-3-6-10-24)17-18-35-31(36)20-26-14-16-29(32(39-2)27(26)21-34)41-33(37)25-11-7-4-8-12-25/h3-16,19H,17-18,20-22H2,1-2H3,(H,35,36). The van der Waals surface area contributed by atoms with E-state index in [4.69, 9.17) is 30.5 Å². The highest BCUT2D eigenvalue weighted by Gasteiger charge is 2.19. The number of rotatable bonds is 13. The molecule has 0 saturated carbocycles. The molecule has 0 fully saturated rings. The van der Waals surface area contributed by atoms with Crippen molar-refractivity contribution in [3.05, 3.63) is 119 Å². The molecule has 1 amide bonds. The first-order valence-electron chi connectivity index (χ1n) is 13.1. The fourth-order valence-corrected chi connectivity index (χ4v) is 4.59. The normalized spacial score (nSPS) is 10.5. The number of hydrogen-bond donors (Lipinski definition) is 1. The van der Waals surface area contributed by atoms with E-state index in [2.05, 4.69) is 5.32 Å². The van der Waals surface area contributed by atoms with Crippen molar-refractivity contribution in [2.24, 2.45) is 0 Å². The summed E-state index contributed by atoms with van der Waals surface area (Å²) in [7, 11) is 3.08. The third-order valence-electron chi connectivity index (χ3n) is 6.42. The molecule has 7 nitrogen and oxygen atoms in total. The Labute approximate surface area is 245 Å². The molecule has 41 heavy (non-hydrogen) atoms. The summed E-state index contributed by atoms with van der Waals surface area (Å²) in [5, 5.41) is 2.96. The molecule has 0 saturated heterocycles. The van der Waals surface area contributed by atoms with Crippen molar-refractivity contribution in [3.63, 3.8) is 0 Å². The monoisotopic (exact) mass is 573 g/mol. The zero-order valence-corrected chi connectivity index (χ0v) is 23.8. The van der Waals surface area contributed by atoms with E-state index in [0.29, 0.717) is 53.5 Å². The Balaban J connectivity index is 1.34. The molecule has 0 aliphatic heterocycles. The minimum Gasteiger partial charge on any atom is -0.493 e. The predicted molar refractivity (Wildman–Crippen MR) is 158 cm³/mol. The Bertz CT molecular complexity index is 1460. The number of ether oxygens (including phenoxy) is 4.